The first-order valence-electron chi connectivity index (χ1n) is 8.61. The number of hydrogen-bond acceptors (Lipinski definition) is 2. The number of nitrogens with one attached hydrogen (secondary N) is 1. The Balaban J connectivity index is 1.79. The summed E-state index contributed by atoms with van der Waals surface area (Å²) in [6, 6.07) is 7.21. The molecule has 3 heteroatoms. The molecular weight excluding hydrogens is 284 g/mol. The number of aliphatic hydroxyl groups is 1. The summed E-state index contributed by atoms with van der Waals surface area (Å²) < 4.78 is 0. The number of benzene rings is 1. The van der Waals surface area contributed by atoms with Crippen molar-refractivity contribution in [3.8, 4) is 0 Å². The Kier molecular flexibility index (Phi) is 4.60. The van der Waals surface area contributed by atoms with E-state index in [-0.39, 0.29) is 0 Å². The summed E-state index contributed by atoms with van der Waals surface area (Å²) in [6.45, 7) is 4.89. The van der Waals surface area contributed by atoms with Crippen LogP contribution < -0.4 is 0 Å². The molecule has 3 nitrogen and oxygen atoms in total. The first-order valence-corrected chi connectivity index (χ1v) is 8.61. The number of likely N-dealkylation sites (N-methyl/N-ethyl adjacent to an activating group) is 1. The molecule has 0 radical (unpaired) electrons. The van der Waals surface area contributed by atoms with Crippen LogP contribution in [0, 0.1) is 0 Å². The Morgan fingerprint density at radius 1 is 1.39 bits per heavy atom. The minimum atomic E-state index is -0.646. The van der Waals surface area contributed by atoms with Gasteiger partial charge in [-0.1, -0.05) is 18.2 Å². The zero-order chi connectivity index (χ0) is 16.4. The Hall–Kier alpha value is -1.58. The minimum Gasteiger partial charge on any atom is -0.390 e. The molecule has 1 aliphatic rings. The van der Waals surface area contributed by atoms with Crippen molar-refractivity contribution in [1.82, 2.24) is 9.88 Å². The summed E-state index contributed by atoms with van der Waals surface area (Å²) in [6.07, 6.45) is 10.7. The minimum absolute atomic E-state index is 0.646. The van der Waals surface area contributed by atoms with Crippen LogP contribution in [0.15, 0.2) is 30.5 Å². The van der Waals surface area contributed by atoms with Crippen LogP contribution in [0.2, 0.25) is 0 Å². The molecule has 0 aliphatic carbocycles. The van der Waals surface area contributed by atoms with Gasteiger partial charge in [0, 0.05) is 23.1 Å². The van der Waals surface area contributed by atoms with Crippen LogP contribution in [0.5, 0.6) is 0 Å². The summed E-state index contributed by atoms with van der Waals surface area (Å²) in [4.78, 5) is 5.88. The predicted molar refractivity (Wildman–Crippen MR) is 97.6 cm³/mol. The fourth-order valence-corrected chi connectivity index (χ4v) is 3.44. The van der Waals surface area contributed by atoms with E-state index >= 15 is 0 Å². The zero-order valence-corrected chi connectivity index (χ0v) is 14.5. The Morgan fingerprint density at radius 3 is 2.91 bits per heavy atom. The first-order chi connectivity index (χ1) is 10.9. The highest BCUT2D eigenvalue weighted by Crippen LogP contribution is 2.26. The molecule has 0 bridgehead atoms. The van der Waals surface area contributed by atoms with Crippen LogP contribution in [0.4, 0.5) is 0 Å². The van der Waals surface area contributed by atoms with Gasteiger partial charge in [0.1, 0.15) is 0 Å². The van der Waals surface area contributed by atoms with Crippen molar-refractivity contribution in [2.24, 2.45) is 0 Å². The van der Waals surface area contributed by atoms with E-state index in [4.69, 9.17) is 0 Å². The summed E-state index contributed by atoms with van der Waals surface area (Å²) in [5.74, 6) is 0. The highest BCUT2D eigenvalue weighted by molar-refractivity contribution is 5.85. The van der Waals surface area contributed by atoms with Gasteiger partial charge >= 0.3 is 0 Å². The van der Waals surface area contributed by atoms with Gasteiger partial charge in [0.25, 0.3) is 0 Å². The maximum Gasteiger partial charge on any atom is 0.0626 e. The normalized spacial score (nSPS) is 20.1. The van der Waals surface area contributed by atoms with E-state index in [1.807, 2.05) is 13.8 Å². The summed E-state index contributed by atoms with van der Waals surface area (Å²) >= 11 is 0. The molecule has 124 valence electrons. The second-order valence-corrected chi connectivity index (χ2v) is 7.52. The molecule has 3 rings (SSSR count). The molecule has 1 saturated heterocycles. The first kappa shape index (κ1) is 16.3. The third-order valence-corrected chi connectivity index (χ3v) is 4.85. The van der Waals surface area contributed by atoms with Gasteiger partial charge in [0.05, 0.1) is 5.60 Å². The van der Waals surface area contributed by atoms with Crippen LogP contribution >= 0.6 is 0 Å². The van der Waals surface area contributed by atoms with Crippen molar-refractivity contribution in [3.05, 3.63) is 41.6 Å². The largest absolute Gasteiger partial charge is 0.390 e. The van der Waals surface area contributed by atoms with Gasteiger partial charge in [-0.05, 0) is 76.4 Å². The topological polar surface area (TPSA) is 39.3 Å². The molecule has 1 aromatic heterocycles. The number of aromatic nitrogens is 1. The Morgan fingerprint density at radius 2 is 2.22 bits per heavy atom. The summed E-state index contributed by atoms with van der Waals surface area (Å²) in [5.41, 5.74) is 3.17. The van der Waals surface area contributed by atoms with Crippen molar-refractivity contribution in [2.45, 2.75) is 51.2 Å². The maximum absolute atomic E-state index is 9.80. The number of likely N-dealkylation sites (tertiary alicyclic amines) is 1. The van der Waals surface area contributed by atoms with E-state index in [9.17, 15) is 5.11 Å². The highest BCUT2D eigenvalue weighted by atomic mass is 16.3. The lowest BCUT2D eigenvalue weighted by Crippen LogP contribution is -2.26. The fourth-order valence-electron chi connectivity index (χ4n) is 3.44. The standard InChI is InChI=1S/C20H28N2O/c1-20(2,23)10-4-6-15-8-9-19-18(12-15)16(14-21-19)13-17-7-5-11-22(17)3/h4,6,8-9,12,14,17,21,23H,5,7,10-11,13H2,1-3H3/t17-/m1/s1. The molecule has 0 saturated carbocycles. The SMILES string of the molecule is CN1CCC[C@@H]1Cc1c[nH]c2ccc(C=CCC(C)(C)O)cc12. The van der Waals surface area contributed by atoms with Gasteiger partial charge in [-0.15, -0.1) is 0 Å². The zero-order valence-electron chi connectivity index (χ0n) is 14.5. The maximum atomic E-state index is 9.80. The van der Waals surface area contributed by atoms with Crippen molar-refractivity contribution >= 4 is 17.0 Å². The molecule has 2 aromatic rings. The van der Waals surface area contributed by atoms with Crippen LogP contribution in [0.3, 0.4) is 0 Å². The van der Waals surface area contributed by atoms with Gasteiger partial charge < -0.3 is 15.0 Å². The monoisotopic (exact) mass is 312 g/mol. The number of fused-ring (bicyclic) bond motifs is 1. The third kappa shape index (κ3) is 4.04. The molecular formula is C20H28N2O. The van der Waals surface area contributed by atoms with E-state index in [2.05, 4.69) is 53.5 Å². The van der Waals surface area contributed by atoms with E-state index in [1.54, 1.807) is 0 Å². The van der Waals surface area contributed by atoms with Gasteiger partial charge in [0.15, 0.2) is 0 Å². The van der Waals surface area contributed by atoms with Crippen molar-refractivity contribution in [1.29, 1.82) is 0 Å². The quantitative estimate of drug-likeness (QED) is 0.876. The summed E-state index contributed by atoms with van der Waals surface area (Å²) in [7, 11) is 2.23. The molecule has 1 aromatic carbocycles. The Labute approximate surface area is 139 Å². The third-order valence-electron chi connectivity index (χ3n) is 4.85. The highest BCUT2D eigenvalue weighted by Gasteiger charge is 2.22. The molecule has 0 spiro atoms. The van der Waals surface area contributed by atoms with Gasteiger partial charge in [-0.3, -0.25) is 0 Å². The molecule has 2 heterocycles. The van der Waals surface area contributed by atoms with E-state index in [1.165, 1.54) is 41.4 Å². The predicted octanol–water partition coefficient (Wildman–Crippen LogP) is 3.98. The molecule has 1 aliphatic heterocycles. The number of aromatic amines is 1. The fraction of sp³-hybridized carbons (Fsp3) is 0.500. The van der Waals surface area contributed by atoms with Crippen LogP contribution in [0.1, 0.15) is 44.2 Å². The average molecular weight is 312 g/mol. The lowest BCUT2D eigenvalue weighted by molar-refractivity contribution is 0.0841. The molecule has 0 unspecified atom stereocenters. The second-order valence-electron chi connectivity index (χ2n) is 7.52. The summed E-state index contributed by atoms with van der Waals surface area (Å²) in [5, 5.41) is 11.1. The van der Waals surface area contributed by atoms with Crippen LogP contribution in [-0.4, -0.2) is 40.2 Å². The number of H-pyrrole nitrogens is 1. The lowest BCUT2D eigenvalue weighted by atomic mass is 10.0. The van der Waals surface area contributed by atoms with Crippen LogP contribution in [0.25, 0.3) is 17.0 Å². The van der Waals surface area contributed by atoms with Gasteiger partial charge in [0.2, 0.25) is 0 Å². The van der Waals surface area contributed by atoms with E-state index in [0.717, 1.165) is 6.42 Å². The van der Waals surface area contributed by atoms with Gasteiger partial charge in [-0.25, -0.2) is 0 Å². The van der Waals surface area contributed by atoms with Crippen molar-refractivity contribution < 1.29 is 5.11 Å². The molecule has 1 fully saturated rings. The molecule has 2 N–H and O–H groups in total. The lowest BCUT2D eigenvalue weighted by Gasteiger charge is -2.18. The average Bonchev–Trinajstić information content (AvgIpc) is 3.05. The van der Waals surface area contributed by atoms with Crippen molar-refractivity contribution in [3.63, 3.8) is 0 Å². The number of hydrogen-bond donors (Lipinski definition) is 2. The number of rotatable bonds is 5. The number of nitrogens with zero attached hydrogens (tertiary/aromatic N) is 1. The molecule has 1 atom stereocenters. The Bertz CT molecular complexity index is 693. The van der Waals surface area contributed by atoms with Gasteiger partial charge in [-0.2, -0.15) is 0 Å². The van der Waals surface area contributed by atoms with E-state index < -0.39 is 5.60 Å². The van der Waals surface area contributed by atoms with E-state index in [0.29, 0.717) is 12.5 Å². The second kappa shape index (κ2) is 6.50. The molecule has 0 amide bonds. The smallest absolute Gasteiger partial charge is 0.0626 e. The molecule has 23 heavy (non-hydrogen) atoms. The van der Waals surface area contributed by atoms with Crippen molar-refractivity contribution in [2.75, 3.05) is 13.6 Å². The van der Waals surface area contributed by atoms with Crippen LogP contribution in [-0.2, 0) is 6.42 Å².